The van der Waals surface area contributed by atoms with Crippen molar-refractivity contribution in [3.63, 3.8) is 0 Å². The van der Waals surface area contributed by atoms with Crippen LogP contribution in [0.3, 0.4) is 0 Å². The molecule has 0 spiro atoms. The predicted octanol–water partition coefficient (Wildman–Crippen LogP) is 4.40. The van der Waals surface area contributed by atoms with E-state index >= 15 is 0 Å². The SMILES string of the molecule is Cc1occc1C(=O)/C(C#N)=C/c1cccc(C(F)(F)F)c1. The minimum absolute atomic E-state index is 0.126. The van der Waals surface area contributed by atoms with E-state index in [2.05, 4.69) is 0 Å². The zero-order valence-corrected chi connectivity index (χ0v) is 11.4. The van der Waals surface area contributed by atoms with Crippen LogP contribution in [0.5, 0.6) is 0 Å². The molecule has 22 heavy (non-hydrogen) atoms. The fourth-order valence-electron chi connectivity index (χ4n) is 1.89. The average molecular weight is 305 g/mol. The molecule has 0 aliphatic rings. The highest BCUT2D eigenvalue weighted by Crippen LogP contribution is 2.30. The van der Waals surface area contributed by atoms with E-state index in [0.717, 1.165) is 18.2 Å². The van der Waals surface area contributed by atoms with Crippen molar-refractivity contribution < 1.29 is 22.4 Å². The summed E-state index contributed by atoms with van der Waals surface area (Å²) in [5, 5.41) is 9.08. The van der Waals surface area contributed by atoms with Gasteiger partial charge < -0.3 is 4.42 Å². The number of alkyl halides is 3. The first-order chi connectivity index (χ1) is 10.3. The second-order valence-electron chi connectivity index (χ2n) is 4.51. The smallest absolute Gasteiger partial charge is 0.416 e. The molecule has 0 saturated heterocycles. The van der Waals surface area contributed by atoms with E-state index in [9.17, 15) is 18.0 Å². The predicted molar refractivity (Wildman–Crippen MR) is 72.8 cm³/mol. The summed E-state index contributed by atoms with van der Waals surface area (Å²) in [6, 6.07) is 7.54. The molecule has 1 aromatic heterocycles. The number of benzene rings is 1. The summed E-state index contributed by atoms with van der Waals surface area (Å²) in [5.74, 6) is -0.249. The van der Waals surface area contributed by atoms with Crippen LogP contribution in [0, 0.1) is 18.3 Å². The first-order valence-electron chi connectivity index (χ1n) is 6.21. The highest BCUT2D eigenvalue weighted by molar-refractivity contribution is 6.14. The summed E-state index contributed by atoms with van der Waals surface area (Å²) in [4.78, 5) is 12.2. The zero-order valence-electron chi connectivity index (χ0n) is 11.4. The van der Waals surface area contributed by atoms with Crippen LogP contribution in [-0.4, -0.2) is 5.78 Å². The molecule has 2 rings (SSSR count). The Kier molecular flexibility index (Phi) is 4.18. The van der Waals surface area contributed by atoms with E-state index < -0.39 is 17.5 Å². The number of ketones is 1. The molecular weight excluding hydrogens is 295 g/mol. The van der Waals surface area contributed by atoms with Crippen molar-refractivity contribution in [1.82, 2.24) is 0 Å². The molecule has 0 N–H and O–H groups in total. The van der Waals surface area contributed by atoms with E-state index in [0.29, 0.717) is 5.76 Å². The minimum Gasteiger partial charge on any atom is -0.469 e. The van der Waals surface area contributed by atoms with E-state index in [1.807, 2.05) is 0 Å². The Morgan fingerprint density at radius 3 is 2.59 bits per heavy atom. The van der Waals surface area contributed by atoms with Gasteiger partial charge in [-0.25, -0.2) is 0 Å². The van der Waals surface area contributed by atoms with Gasteiger partial charge in [-0.1, -0.05) is 12.1 Å². The van der Waals surface area contributed by atoms with Crippen molar-refractivity contribution >= 4 is 11.9 Å². The molecule has 112 valence electrons. The Hall–Kier alpha value is -2.81. The Bertz CT molecular complexity index is 779. The number of hydrogen-bond acceptors (Lipinski definition) is 3. The van der Waals surface area contributed by atoms with E-state index in [1.54, 1.807) is 13.0 Å². The molecule has 6 heteroatoms. The normalized spacial score (nSPS) is 12.0. The van der Waals surface area contributed by atoms with Gasteiger partial charge in [0.15, 0.2) is 0 Å². The summed E-state index contributed by atoms with van der Waals surface area (Å²) < 4.78 is 43.0. The number of Topliss-reactive ketones (excluding diaryl/α,β-unsaturated/α-hetero) is 1. The standard InChI is InChI=1S/C16H10F3NO2/c1-10-14(5-6-22-10)15(21)12(9-20)7-11-3-2-4-13(8-11)16(17,18)19/h2-8H,1H3/b12-7+. The largest absolute Gasteiger partial charge is 0.469 e. The Morgan fingerprint density at radius 2 is 2.05 bits per heavy atom. The minimum atomic E-state index is -4.48. The third kappa shape index (κ3) is 3.26. The van der Waals surface area contributed by atoms with Crippen LogP contribution in [-0.2, 0) is 6.18 Å². The van der Waals surface area contributed by atoms with Gasteiger partial charge in [0.25, 0.3) is 0 Å². The van der Waals surface area contributed by atoms with Crippen LogP contribution in [0.4, 0.5) is 13.2 Å². The fraction of sp³-hybridized carbons (Fsp3) is 0.125. The van der Waals surface area contributed by atoms with Gasteiger partial charge in [-0.15, -0.1) is 0 Å². The molecule has 0 amide bonds. The molecule has 0 radical (unpaired) electrons. The van der Waals surface area contributed by atoms with Crippen LogP contribution in [0.2, 0.25) is 0 Å². The van der Waals surface area contributed by atoms with E-state index in [1.165, 1.54) is 24.5 Å². The highest BCUT2D eigenvalue weighted by atomic mass is 19.4. The molecule has 3 nitrogen and oxygen atoms in total. The lowest BCUT2D eigenvalue weighted by molar-refractivity contribution is -0.137. The number of hydrogen-bond donors (Lipinski definition) is 0. The zero-order chi connectivity index (χ0) is 16.3. The quantitative estimate of drug-likeness (QED) is 0.480. The number of carbonyl (C=O) groups excluding carboxylic acids is 1. The van der Waals surface area contributed by atoms with Crippen LogP contribution in [0.15, 0.2) is 46.6 Å². The number of halogens is 3. The van der Waals surface area contributed by atoms with Crippen molar-refractivity contribution in [3.05, 3.63) is 64.6 Å². The number of carbonyl (C=O) groups is 1. The number of rotatable bonds is 3. The second-order valence-corrected chi connectivity index (χ2v) is 4.51. The Balaban J connectivity index is 2.40. The molecule has 0 aliphatic heterocycles. The monoisotopic (exact) mass is 305 g/mol. The van der Waals surface area contributed by atoms with Gasteiger partial charge in [-0.3, -0.25) is 4.79 Å². The van der Waals surface area contributed by atoms with Crippen LogP contribution in [0.1, 0.15) is 27.2 Å². The van der Waals surface area contributed by atoms with Crippen LogP contribution >= 0.6 is 0 Å². The molecule has 0 aliphatic carbocycles. The molecule has 0 bridgehead atoms. The lowest BCUT2D eigenvalue weighted by atomic mass is 10.0. The summed E-state index contributed by atoms with van der Waals surface area (Å²) in [5.41, 5.74) is -0.769. The van der Waals surface area contributed by atoms with Crippen LogP contribution < -0.4 is 0 Å². The number of aryl methyl sites for hydroxylation is 1. The summed E-state index contributed by atoms with van der Waals surface area (Å²) >= 11 is 0. The fourth-order valence-corrected chi connectivity index (χ4v) is 1.89. The number of furan rings is 1. The van der Waals surface area contributed by atoms with Gasteiger partial charge in [-0.2, -0.15) is 18.4 Å². The maximum Gasteiger partial charge on any atom is 0.416 e. The topological polar surface area (TPSA) is 54.0 Å². The first-order valence-corrected chi connectivity index (χ1v) is 6.21. The van der Waals surface area contributed by atoms with E-state index in [4.69, 9.17) is 9.68 Å². The van der Waals surface area contributed by atoms with Crippen molar-refractivity contribution in [2.24, 2.45) is 0 Å². The maximum atomic E-state index is 12.7. The molecule has 1 heterocycles. The lowest BCUT2D eigenvalue weighted by Gasteiger charge is -2.07. The lowest BCUT2D eigenvalue weighted by Crippen LogP contribution is -2.05. The Morgan fingerprint density at radius 1 is 1.32 bits per heavy atom. The molecule has 0 saturated carbocycles. The summed E-state index contributed by atoms with van der Waals surface area (Å²) in [6.07, 6.45) is -2.05. The van der Waals surface area contributed by atoms with Gasteiger partial charge in [0.05, 0.1) is 17.4 Å². The van der Waals surface area contributed by atoms with Gasteiger partial charge in [-0.05, 0) is 36.8 Å². The summed E-state index contributed by atoms with van der Waals surface area (Å²) in [6.45, 7) is 1.56. The second kappa shape index (κ2) is 5.90. The van der Waals surface area contributed by atoms with Crippen molar-refractivity contribution in [2.45, 2.75) is 13.1 Å². The highest BCUT2D eigenvalue weighted by Gasteiger charge is 2.30. The number of allylic oxidation sites excluding steroid dienone is 1. The molecule has 2 aromatic rings. The van der Waals surface area contributed by atoms with Crippen molar-refractivity contribution in [1.29, 1.82) is 5.26 Å². The van der Waals surface area contributed by atoms with E-state index in [-0.39, 0.29) is 16.7 Å². The molecule has 1 aromatic carbocycles. The number of nitrogens with zero attached hydrogens (tertiary/aromatic N) is 1. The van der Waals surface area contributed by atoms with Gasteiger partial charge in [0.1, 0.15) is 17.4 Å². The molecule has 0 unspecified atom stereocenters. The van der Waals surface area contributed by atoms with Crippen LogP contribution in [0.25, 0.3) is 6.08 Å². The molecule has 0 atom stereocenters. The van der Waals surface area contributed by atoms with Gasteiger partial charge in [0.2, 0.25) is 5.78 Å². The Labute approximate surface area is 124 Å². The van der Waals surface area contributed by atoms with Crippen molar-refractivity contribution in [2.75, 3.05) is 0 Å². The third-order valence-electron chi connectivity index (χ3n) is 2.99. The third-order valence-corrected chi connectivity index (χ3v) is 2.99. The van der Waals surface area contributed by atoms with Gasteiger partial charge >= 0.3 is 6.18 Å². The number of nitriles is 1. The maximum absolute atomic E-state index is 12.7. The molecule has 0 fully saturated rings. The van der Waals surface area contributed by atoms with Crippen molar-refractivity contribution in [3.8, 4) is 6.07 Å². The average Bonchev–Trinajstić information content (AvgIpc) is 2.89. The first kappa shape index (κ1) is 15.6. The van der Waals surface area contributed by atoms with Gasteiger partial charge in [0, 0.05) is 0 Å². The molecular formula is C16H10F3NO2. The summed E-state index contributed by atoms with van der Waals surface area (Å²) in [7, 11) is 0.